The number of hydrogen-bond acceptors (Lipinski definition) is 7. The third-order valence-corrected chi connectivity index (χ3v) is 6.06. The fourth-order valence-electron chi connectivity index (χ4n) is 4.03. The van der Waals surface area contributed by atoms with E-state index in [1.54, 1.807) is 36.4 Å². The number of rotatable bonds is 9. The molecule has 0 saturated heterocycles. The SMILES string of the molecule is CCN(CC)CC(=O)Nc1cccc(-c2cc(-c3ccc(F)cc3O)nc(NC(=O)c3ccco3)c2C#N)c1. The summed E-state index contributed by atoms with van der Waals surface area (Å²) in [6.07, 6.45) is 1.34. The molecule has 4 aromatic rings. The number of nitrogens with zero attached hydrogens (tertiary/aromatic N) is 3. The second kappa shape index (κ2) is 12.0. The lowest BCUT2D eigenvalue weighted by Gasteiger charge is -2.18. The van der Waals surface area contributed by atoms with Gasteiger partial charge in [0.1, 0.15) is 23.2 Å². The maximum Gasteiger partial charge on any atom is 0.292 e. The Morgan fingerprint density at radius 1 is 1.05 bits per heavy atom. The van der Waals surface area contributed by atoms with Crippen LogP contribution in [0.4, 0.5) is 15.9 Å². The van der Waals surface area contributed by atoms with E-state index >= 15 is 0 Å². The van der Waals surface area contributed by atoms with Gasteiger partial charge in [0, 0.05) is 22.9 Å². The van der Waals surface area contributed by atoms with Crippen LogP contribution in [0, 0.1) is 17.1 Å². The molecule has 2 aromatic carbocycles. The molecule has 3 N–H and O–H groups in total. The third kappa shape index (κ3) is 6.29. The predicted molar refractivity (Wildman–Crippen MR) is 145 cm³/mol. The Kier molecular flexibility index (Phi) is 8.33. The molecular weight excluding hydrogens is 501 g/mol. The number of phenolic OH excluding ortho intramolecular Hbond substituents is 1. The van der Waals surface area contributed by atoms with Gasteiger partial charge in [0.2, 0.25) is 5.91 Å². The molecule has 0 saturated carbocycles. The first-order valence-electron chi connectivity index (χ1n) is 12.2. The number of likely N-dealkylation sites (N-methyl/N-ethyl adjacent to an activating group) is 1. The van der Waals surface area contributed by atoms with Gasteiger partial charge in [-0.25, -0.2) is 9.37 Å². The second-order valence-electron chi connectivity index (χ2n) is 8.57. The molecule has 0 bridgehead atoms. The van der Waals surface area contributed by atoms with Gasteiger partial charge in [-0.15, -0.1) is 0 Å². The molecule has 0 atom stereocenters. The number of benzene rings is 2. The number of phenols is 1. The van der Waals surface area contributed by atoms with Crippen LogP contribution in [0.2, 0.25) is 0 Å². The largest absolute Gasteiger partial charge is 0.507 e. The summed E-state index contributed by atoms with van der Waals surface area (Å²) in [7, 11) is 0. The van der Waals surface area contributed by atoms with E-state index in [-0.39, 0.29) is 46.6 Å². The van der Waals surface area contributed by atoms with Crippen molar-refractivity contribution in [2.24, 2.45) is 0 Å². The maximum absolute atomic E-state index is 13.7. The van der Waals surface area contributed by atoms with Gasteiger partial charge < -0.3 is 20.2 Å². The van der Waals surface area contributed by atoms with Crippen LogP contribution in [-0.4, -0.2) is 46.4 Å². The first kappa shape index (κ1) is 27.0. The Morgan fingerprint density at radius 2 is 1.85 bits per heavy atom. The minimum atomic E-state index is -0.635. The number of carbonyl (C=O) groups is 2. The number of halogens is 1. The quantitative estimate of drug-likeness (QED) is 0.271. The number of nitriles is 1. The zero-order valence-electron chi connectivity index (χ0n) is 21.4. The van der Waals surface area contributed by atoms with E-state index in [4.69, 9.17) is 4.42 Å². The third-order valence-electron chi connectivity index (χ3n) is 6.06. The van der Waals surface area contributed by atoms with Gasteiger partial charge in [-0.3, -0.25) is 14.5 Å². The van der Waals surface area contributed by atoms with E-state index in [0.717, 1.165) is 19.2 Å². The average Bonchev–Trinajstić information content (AvgIpc) is 3.47. The minimum Gasteiger partial charge on any atom is -0.507 e. The highest BCUT2D eigenvalue weighted by Crippen LogP contribution is 2.36. The standard InChI is InChI=1S/C29H26FN5O4/c1-3-35(4-2)17-27(37)32-20-8-5-7-18(13-20)22-15-24(21-11-10-19(30)14-25(21)36)33-28(23(22)16-31)34-29(38)26-9-6-12-39-26/h5-15,36H,3-4,17H2,1-2H3,(H,32,37)(H,33,34,38). The molecule has 0 unspecified atom stereocenters. The van der Waals surface area contributed by atoms with Crippen molar-refractivity contribution in [3.8, 4) is 34.2 Å². The molecule has 0 aliphatic rings. The van der Waals surface area contributed by atoms with Crippen molar-refractivity contribution in [3.63, 3.8) is 0 Å². The summed E-state index contributed by atoms with van der Waals surface area (Å²) in [5, 5.41) is 26.0. The summed E-state index contributed by atoms with van der Waals surface area (Å²) in [6.45, 7) is 5.65. The lowest BCUT2D eigenvalue weighted by molar-refractivity contribution is -0.117. The van der Waals surface area contributed by atoms with E-state index in [1.807, 2.05) is 18.7 Å². The lowest BCUT2D eigenvalue weighted by atomic mass is 9.97. The maximum atomic E-state index is 13.7. The van der Waals surface area contributed by atoms with E-state index in [0.29, 0.717) is 16.8 Å². The molecule has 10 heteroatoms. The van der Waals surface area contributed by atoms with Crippen molar-refractivity contribution in [1.29, 1.82) is 5.26 Å². The van der Waals surface area contributed by atoms with Crippen LogP contribution in [-0.2, 0) is 4.79 Å². The molecule has 4 rings (SSSR count). The summed E-state index contributed by atoms with van der Waals surface area (Å²) < 4.78 is 18.8. The second-order valence-corrected chi connectivity index (χ2v) is 8.57. The Labute approximate surface area is 224 Å². The Balaban J connectivity index is 1.79. The average molecular weight is 528 g/mol. The van der Waals surface area contributed by atoms with Gasteiger partial charge in [-0.2, -0.15) is 5.26 Å². The fourth-order valence-corrected chi connectivity index (χ4v) is 4.03. The lowest BCUT2D eigenvalue weighted by Crippen LogP contribution is -2.32. The van der Waals surface area contributed by atoms with Crippen molar-refractivity contribution in [1.82, 2.24) is 9.88 Å². The summed E-state index contributed by atoms with van der Waals surface area (Å²) in [4.78, 5) is 31.7. The zero-order chi connectivity index (χ0) is 27.9. The van der Waals surface area contributed by atoms with Gasteiger partial charge in [0.05, 0.1) is 18.5 Å². The zero-order valence-corrected chi connectivity index (χ0v) is 21.4. The summed E-state index contributed by atoms with van der Waals surface area (Å²) in [5.41, 5.74) is 1.86. The van der Waals surface area contributed by atoms with Crippen molar-refractivity contribution < 1.29 is 23.5 Å². The first-order chi connectivity index (χ1) is 18.8. The predicted octanol–water partition coefficient (Wildman–Crippen LogP) is 5.26. The molecule has 198 valence electrons. The number of furan rings is 1. The van der Waals surface area contributed by atoms with Crippen LogP contribution in [0.15, 0.2) is 71.3 Å². The van der Waals surface area contributed by atoms with Gasteiger partial charge >= 0.3 is 0 Å². The number of carbonyl (C=O) groups excluding carboxylic acids is 2. The molecule has 2 aromatic heterocycles. The number of hydrogen-bond donors (Lipinski definition) is 3. The number of anilines is 2. The van der Waals surface area contributed by atoms with Crippen LogP contribution >= 0.6 is 0 Å². The highest BCUT2D eigenvalue weighted by atomic mass is 19.1. The summed E-state index contributed by atoms with van der Waals surface area (Å²) in [5.74, 6) is -1.88. The molecule has 0 spiro atoms. The monoisotopic (exact) mass is 527 g/mol. The van der Waals surface area contributed by atoms with E-state index in [2.05, 4.69) is 21.7 Å². The Bertz CT molecular complexity index is 1540. The van der Waals surface area contributed by atoms with Gasteiger partial charge in [0.15, 0.2) is 11.6 Å². The Morgan fingerprint density at radius 3 is 2.51 bits per heavy atom. The smallest absolute Gasteiger partial charge is 0.292 e. The number of aromatic nitrogens is 1. The highest BCUT2D eigenvalue weighted by molar-refractivity contribution is 6.03. The normalized spacial score (nSPS) is 10.7. The van der Waals surface area contributed by atoms with Crippen LogP contribution in [0.3, 0.4) is 0 Å². The number of aromatic hydroxyl groups is 1. The van der Waals surface area contributed by atoms with Crippen LogP contribution in [0.25, 0.3) is 22.4 Å². The topological polar surface area (TPSA) is 131 Å². The van der Waals surface area contributed by atoms with E-state index < -0.39 is 11.7 Å². The van der Waals surface area contributed by atoms with E-state index in [9.17, 15) is 24.3 Å². The minimum absolute atomic E-state index is 0.00943. The summed E-state index contributed by atoms with van der Waals surface area (Å²) >= 11 is 0. The molecule has 2 amide bonds. The molecule has 0 aliphatic carbocycles. The molecule has 39 heavy (non-hydrogen) atoms. The molecule has 0 aliphatic heterocycles. The van der Waals surface area contributed by atoms with Crippen molar-refractivity contribution in [2.75, 3.05) is 30.3 Å². The van der Waals surface area contributed by atoms with Crippen LogP contribution in [0.1, 0.15) is 30.0 Å². The Hall–Kier alpha value is -5.01. The van der Waals surface area contributed by atoms with Crippen LogP contribution in [0.5, 0.6) is 5.75 Å². The van der Waals surface area contributed by atoms with Crippen LogP contribution < -0.4 is 10.6 Å². The first-order valence-corrected chi connectivity index (χ1v) is 12.2. The number of pyridine rings is 1. The molecule has 2 heterocycles. The van der Waals surface area contributed by atoms with Gasteiger partial charge in [-0.1, -0.05) is 26.0 Å². The van der Waals surface area contributed by atoms with Crippen molar-refractivity contribution in [3.05, 3.63) is 84.1 Å². The summed E-state index contributed by atoms with van der Waals surface area (Å²) in [6, 6.07) is 17.0. The molecule has 0 radical (unpaired) electrons. The molecule has 0 fully saturated rings. The molecular formula is C29H26FN5O4. The van der Waals surface area contributed by atoms with Crippen molar-refractivity contribution >= 4 is 23.3 Å². The number of nitrogens with one attached hydrogen (secondary N) is 2. The van der Waals surface area contributed by atoms with Gasteiger partial charge in [0.25, 0.3) is 5.91 Å². The van der Waals surface area contributed by atoms with E-state index in [1.165, 1.54) is 24.5 Å². The highest BCUT2D eigenvalue weighted by Gasteiger charge is 2.20. The van der Waals surface area contributed by atoms with Gasteiger partial charge in [-0.05, 0) is 61.1 Å². The van der Waals surface area contributed by atoms with Crippen molar-refractivity contribution in [2.45, 2.75) is 13.8 Å². The number of amides is 2. The molecule has 9 nitrogen and oxygen atoms in total. The fraction of sp³-hybridized carbons (Fsp3) is 0.172.